The molecule has 0 spiro atoms. The first kappa shape index (κ1) is 12.1. The van der Waals surface area contributed by atoms with Crippen LogP contribution in [0.15, 0.2) is 6.20 Å². The van der Waals surface area contributed by atoms with Gasteiger partial charge in [-0.05, 0) is 19.0 Å². The molecule has 0 aliphatic carbocycles. The number of hydrogen-bond donors (Lipinski definition) is 1. The van der Waals surface area contributed by atoms with Gasteiger partial charge in [-0.1, -0.05) is 19.1 Å². The summed E-state index contributed by atoms with van der Waals surface area (Å²) in [6.07, 6.45) is 1.80. The highest BCUT2D eigenvalue weighted by molar-refractivity contribution is 4.93. The quantitative estimate of drug-likeness (QED) is 0.757. The molecular formula is C10H21N5. The van der Waals surface area contributed by atoms with Crippen molar-refractivity contribution in [3.05, 3.63) is 11.9 Å². The van der Waals surface area contributed by atoms with Crippen LogP contribution < -0.4 is 5.73 Å². The zero-order valence-corrected chi connectivity index (χ0v) is 10.1. The standard InChI is InChI=1S/C10H21N5/c1-10(2,7-11)8-14(3)6-9-5-12-13-15(9)4/h5H,6-8,11H2,1-4H3. The lowest BCUT2D eigenvalue weighted by atomic mass is 9.93. The Bertz CT molecular complexity index is 305. The van der Waals surface area contributed by atoms with Crippen LogP contribution in [0.3, 0.4) is 0 Å². The number of aromatic nitrogens is 3. The SMILES string of the molecule is CN(Cc1cnnn1C)CC(C)(C)CN. The molecule has 2 N–H and O–H groups in total. The number of nitrogens with two attached hydrogens (primary N) is 1. The number of rotatable bonds is 5. The van der Waals surface area contributed by atoms with Crippen molar-refractivity contribution in [1.29, 1.82) is 0 Å². The van der Waals surface area contributed by atoms with Crippen molar-refractivity contribution in [3.8, 4) is 0 Å². The molecule has 5 heteroatoms. The molecule has 0 amide bonds. The Hall–Kier alpha value is -0.940. The third-order valence-corrected chi connectivity index (χ3v) is 2.49. The van der Waals surface area contributed by atoms with E-state index in [1.165, 1.54) is 0 Å². The highest BCUT2D eigenvalue weighted by Crippen LogP contribution is 2.14. The predicted molar refractivity (Wildman–Crippen MR) is 60.2 cm³/mol. The Balaban J connectivity index is 2.50. The summed E-state index contributed by atoms with van der Waals surface area (Å²) in [6.45, 7) is 6.86. The van der Waals surface area contributed by atoms with Gasteiger partial charge in [0.05, 0.1) is 11.9 Å². The van der Waals surface area contributed by atoms with Crippen LogP contribution in [-0.4, -0.2) is 40.0 Å². The summed E-state index contributed by atoms with van der Waals surface area (Å²) in [6, 6.07) is 0. The maximum absolute atomic E-state index is 5.70. The molecule has 0 radical (unpaired) electrons. The topological polar surface area (TPSA) is 60.0 Å². The monoisotopic (exact) mass is 211 g/mol. The maximum atomic E-state index is 5.70. The molecule has 1 aromatic rings. The van der Waals surface area contributed by atoms with Crippen molar-refractivity contribution in [2.75, 3.05) is 20.1 Å². The molecule has 1 heterocycles. The van der Waals surface area contributed by atoms with Crippen molar-refractivity contribution in [2.45, 2.75) is 20.4 Å². The molecule has 0 unspecified atom stereocenters. The van der Waals surface area contributed by atoms with Crippen LogP contribution in [0.4, 0.5) is 0 Å². The summed E-state index contributed by atoms with van der Waals surface area (Å²) in [4.78, 5) is 2.24. The Morgan fingerprint density at radius 1 is 1.53 bits per heavy atom. The minimum Gasteiger partial charge on any atom is -0.330 e. The van der Waals surface area contributed by atoms with Crippen molar-refractivity contribution >= 4 is 0 Å². The third kappa shape index (κ3) is 3.60. The molecule has 1 aromatic heterocycles. The Kier molecular flexibility index (Phi) is 3.82. The molecule has 0 saturated heterocycles. The minimum absolute atomic E-state index is 0.154. The summed E-state index contributed by atoms with van der Waals surface area (Å²) in [7, 11) is 3.99. The van der Waals surface area contributed by atoms with Gasteiger partial charge in [-0.3, -0.25) is 9.58 Å². The predicted octanol–water partition coefficient (Wildman–Crippen LogP) is 0.232. The Morgan fingerprint density at radius 3 is 2.67 bits per heavy atom. The zero-order chi connectivity index (χ0) is 11.5. The summed E-state index contributed by atoms with van der Waals surface area (Å²) in [5, 5.41) is 7.75. The van der Waals surface area contributed by atoms with Crippen molar-refractivity contribution in [2.24, 2.45) is 18.2 Å². The lowest BCUT2D eigenvalue weighted by Gasteiger charge is -2.28. The normalized spacial score (nSPS) is 12.4. The summed E-state index contributed by atoms with van der Waals surface area (Å²) < 4.78 is 1.80. The van der Waals surface area contributed by atoms with Gasteiger partial charge in [-0.2, -0.15) is 0 Å². The van der Waals surface area contributed by atoms with Crippen molar-refractivity contribution < 1.29 is 0 Å². The van der Waals surface area contributed by atoms with Crippen LogP contribution in [0.2, 0.25) is 0 Å². The highest BCUT2D eigenvalue weighted by atomic mass is 15.4. The van der Waals surface area contributed by atoms with Crippen molar-refractivity contribution in [3.63, 3.8) is 0 Å². The second-order valence-electron chi connectivity index (χ2n) is 4.89. The van der Waals surface area contributed by atoms with E-state index in [1.54, 1.807) is 10.9 Å². The van der Waals surface area contributed by atoms with E-state index < -0.39 is 0 Å². The van der Waals surface area contributed by atoms with Crippen LogP contribution in [0.5, 0.6) is 0 Å². The van der Waals surface area contributed by atoms with Crippen LogP contribution in [-0.2, 0) is 13.6 Å². The van der Waals surface area contributed by atoms with E-state index >= 15 is 0 Å². The molecule has 0 aromatic carbocycles. The van der Waals surface area contributed by atoms with Gasteiger partial charge in [0, 0.05) is 20.1 Å². The molecule has 1 rings (SSSR count). The number of hydrogen-bond acceptors (Lipinski definition) is 4. The van der Waals surface area contributed by atoms with Gasteiger partial charge in [0.1, 0.15) is 0 Å². The molecule has 15 heavy (non-hydrogen) atoms. The Morgan fingerprint density at radius 2 is 2.20 bits per heavy atom. The largest absolute Gasteiger partial charge is 0.330 e. The zero-order valence-electron chi connectivity index (χ0n) is 10.1. The molecule has 0 aliphatic heterocycles. The van der Waals surface area contributed by atoms with Crippen LogP contribution >= 0.6 is 0 Å². The fraction of sp³-hybridized carbons (Fsp3) is 0.800. The van der Waals surface area contributed by atoms with Gasteiger partial charge in [-0.15, -0.1) is 5.10 Å². The number of aryl methyl sites for hydroxylation is 1. The molecule has 0 atom stereocenters. The lowest BCUT2D eigenvalue weighted by molar-refractivity contribution is 0.206. The van der Waals surface area contributed by atoms with Crippen LogP contribution in [0.25, 0.3) is 0 Å². The second kappa shape index (κ2) is 4.72. The van der Waals surface area contributed by atoms with Gasteiger partial charge in [-0.25, -0.2) is 0 Å². The first-order valence-electron chi connectivity index (χ1n) is 5.17. The molecule has 0 bridgehead atoms. The first-order chi connectivity index (χ1) is 6.94. The number of nitrogens with zero attached hydrogens (tertiary/aromatic N) is 4. The molecule has 0 fully saturated rings. The molecular weight excluding hydrogens is 190 g/mol. The van der Waals surface area contributed by atoms with Gasteiger partial charge < -0.3 is 5.73 Å². The van der Waals surface area contributed by atoms with E-state index in [1.807, 2.05) is 7.05 Å². The van der Waals surface area contributed by atoms with Gasteiger partial charge in [0.25, 0.3) is 0 Å². The third-order valence-electron chi connectivity index (χ3n) is 2.49. The van der Waals surface area contributed by atoms with Gasteiger partial charge in [0.15, 0.2) is 0 Å². The van der Waals surface area contributed by atoms with Crippen LogP contribution in [0, 0.1) is 5.41 Å². The average molecular weight is 211 g/mol. The van der Waals surface area contributed by atoms with E-state index in [0.717, 1.165) is 18.8 Å². The summed E-state index contributed by atoms with van der Waals surface area (Å²) in [5.74, 6) is 0. The molecule has 0 saturated carbocycles. The smallest absolute Gasteiger partial charge is 0.0738 e. The fourth-order valence-corrected chi connectivity index (χ4v) is 1.58. The maximum Gasteiger partial charge on any atom is 0.0738 e. The summed E-state index contributed by atoms with van der Waals surface area (Å²) >= 11 is 0. The lowest BCUT2D eigenvalue weighted by Crippen LogP contribution is -2.36. The molecule has 0 aliphatic rings. The van der Waals surface area contributed by atoms with Gasteiger partial charge >= 0.3 is 0 Å². The highest BCUT2D eigenvalue weighted by Gasteiger charge is 2.18. The molecule has 5 nitrogen and oxygen atoms in total. The first-order valence-corrected chi connectivity index (χ1v) is 5.17. The van der Waals surface area contributed by atoms with E-state index in [9.17, 15) is 0 Å². The average Bonchev–Trinajstić information content (AvgIpc) is 2.51. The van der Waals surface area contributed by atoms with E-state index in [4.69, 9.17) is 5.73 Å². The molecule has 86 valence electrons. The fourth-order valence-electron chi connectivity index (χ4n) is 1.58. The van der Waals surface area contributed by atoms with Crippen LogP contribution in [0.1, 0.15) is 19.5 Å². The van der Waals surface area contributed by atoms with Crippen molar-refractivity contribution in [1.82, 2.24) is 19.9 Å². The second-order valence-corrected chi connectivity index (χ2v) is 4.89. The van der Waals surface area contributed by atoms with E-state index in [2.05, 4.69) is 36.1 Å². The Labute approximate surface area is 91.2 Å². The summed E-state index contributed by atoms with van der Waals surface area (Å²) in [5.41, 5.74) is 6.97. The van der Waals surface area contributed by atoms with E-state index in [0.29, 0.717) is 6.54 Å². The minimum atomic E-state index is 0.154. The van der Waals surface area contributed by atoms with Gasteiger partial charge in [0.2, 0.25) is 0 Å². The van der Waals surface area contributed by atoms with E-state index in [-0.39, 0.29) is 5.41 Å².